The Morgan fingerprint density at radius 2 is 1.93 bits per heavy atom. The first-order valence-electron chi connectivity index (χ1n) is 5.14. The molecule has 0 saturated carbocycles. The third-order valence-corrected chi connectivity index (χ3v) is 2.30. The molecule has 0 aliphatic carbocycles. The molecule has 2 N–H and O–H groups in total. The van der Waals surface area contributed by atoms with Gasteiger partial charge in [-0.05, 0) is 18.9 Å². The third kappa shape index (κ3) is 2.48. The number of hydrogen-bond donors (Lipinski definition) is 1. The average molecular weight is 193 g/mol. The second-order valence-corrected chi connectivity index (χ2v) is 3.74. The van der Waals surface area contributed by atoms with E-state index in [-0.39, 0.29) is 6.04 Å². The molecule has 0 heterocycles. The quantitative estimate of drug-likeness (QED) is 0.798. The van der Waals surface area contributed by atoms with Gasteiger partial charge in [-0.3, -0.25) is 0 Å². The van der Waals surface area contributed by atoms with Gasteiger partial charge in [0, 0.05) is 11.6 Å². The lowest BCUT2D eigenvalue weighted by molar-refractivity contribution is 0.330. The van der Waals surface area contributed by atoms with Crippen molar-refractivity contribution >= 4 is 0 Å². The van der Waals surface area contributed by atoms with Crippen molar-refractivity contribution in [3.8, 4) is 5.75 Å². The zero-order valence-corrected chi connectivity index (χ0v) is 9.16. The van der Waals surface area contributed by atoms with Gasteiger partial charge in [0.25, 0.3) is 0 Å². The molecule has 0 spiro atoms. The zero-order chi connectivity index (χ0) is 10.6. The Morgan fingerprint density at radius 1 is 1.29 bits per heavy atom. The van der Waals surface area contributed by atoms with Gasteiger partial charge in [0.05, 0.1) is 6.61 Å². The number of para-hydroxylation sites is 1. The topological polar surface area (TPSA) is 35.2 Å². The van der Waals surface area contributed by atoms with Crippen molar-refractivity contribution in [1.29, 1.82) is 0 Å². The highest BCUT2D eigenvalue weighted by Gasteiger charge is 2.14. The fourth-order valence-corrected chi connectivity index (χ4v) is 1.40. The fourth-order valence-electron chi connectivity index (χ4n) is 1.40. The number of rotatable bonds is 4. The molecule has 0 amide bonds. The highest BCUT2D eigenvalue weighted by Crippen LogP contribution is 2.27. The molecule has 1 atom stereocenters. The summed E-state index contributed by atoms with van der Waals surface area (Å²) in [5.74, 6) is 1.34. The summed E-state index contributed by atoms with van der Waals surface area (Å²) in [4.78, 5) is 0. The van der Waals surface area contributed by atoms with Crippen LogP contribution in [0.1, 0.15) is 32.4 Å². The molecule has 1 aromatic carbocycles. The molecule has 0 fully saturated rings. The Morgan fingerprint density at radius 3 is 2.50 bits per heavy atom. The summed E-state index contributed by atoms with van der Waals surface area (Å²) in [6.07, 6.45) is 0. The number of hydrogen-bond acceptors (Lipinski definition) is 2. The largest absolute Gasteiger partial charge is 0.494 e. The number of benzene rings is 1. The van der Waals surface area contributed by atoms with Gasteiger partial charge in [0.1, 0.15) is 5.75 Å². The molecule has 1 aromatic rings. The van der Waals surface area contributed by atoms with Crippen LogP contribution in [0.25, 0.3) is 0 Å². The molecule has 0 saturated heterocycles. The number of nitrogens with two attached hydrogens (primary N) is 1. The molecule has 2 heteroatoms. The van der Waals surface area contributed by atoms with Crippen LogP contribution in [0.15, 0.2) is 24.3 Å². The molecular weight excluding hydrogens is 174 g/mol. The highest BCUT2D eigenvalue weighted by molar-refractivity contribution is 5.35. The average Bonchev–Trinajstić information content (AvgIpc) is 2.18. The van der Waals surface area contributed by atoms with Crippen LogP contribution in [0, 0.1) is 5.92 Å². The van der Waals surface area contributed by atoms with Crippen molar-refractivity contribution in [1.82, 2.24) is 0 Å². The van der Waals surface area contributed by atoms with Crippen LogP contribution in [0.3, 0.4) is 0 Å². The van der Waals surface area contributed by atoms with Crippen molar-refractivity contribution in [2.45, 2.75) is 26.8 Å². The standard InChI is InChI=1S/C12H19NO/c1-4-14-11-8-6-5-7-10(11)12(13)9(2)3/h5-9,12H,4,13H2,1-3H3/t12-/m1/s1. The van der Waals surface area contributed by atoms with Crippen LogP contribution < -0.4 is 10.5 Å². The van der Waals surface area contributed by atoms with E-state index in [0.717, 1.165) is 11.3 Å². The smallest absolute Gasteiger partial charge is 0.124 e. The fraction of sp³-hybridized carbons (Fsp3) is 0.500. The summed E-state index contributed by atoms with van der Waals surface area (Å²) in [5.41, 5.74) is 7.19. The van der Waals surface area contributed by atoms with Crippen LogP contribution in [-0.2, 0) is 0 Å². The lowest BCUT2D eigenvalue weighted by atomic mass is 9.96. The first-order valence-corrected chi connectivity index (χ1v) is 5.14. The molecule has 0 aliphatic heterocycles. The Balaban J connectivity index is 2.94. The summed E-state index contributed by atoms with van der Waals surface area (Å²) in [6, 6.07) is 8.04. The van der Waals surface area contributed by atoms with E-state index in [1.807, 2.05) is 31.2 Å². The van der Waals surface area contributed by atoms with E-state index >= 15 is 0 Å². The summed E-state index contributed by atoms with van der Waals surface area (Å²) in [5, 5.41) is 0. The van der Waals surface area contributed by atoms with E-state index in [1.165, 1.54) is 0 Å². The van der Waals surface area contributed by atoms with Crippen molar-refractivity contribution in [2.24, 2.45) is 11.7 Å². The van der Waals surface area contributed by atoms with Crippen molar-refractivity contribution < 1.29 is 4.74 Å². The number of ether oxygens (including phenoxy) is 1. The lowest BCUT2D eigenvalue weighted by Crippen LogP contribution is -2.17. The van der Waals surface area contributed by atoms with Gasteiger partial charge in [-0.1, -0.05) is 32.0 Å². The van der Waals surface area contributed by atoms with Crippen LogP contribution >= 0.6 is 0 Å². The van der Waals surface area contributed by atoms with Gasteiger partial charge in [-0.15, -0.1) is 0 Å². The molecule has 0 aromatic heterocycles. The van der Waals surface area contributed by atoms with E-state index in [1.54, 1.807) is 0 Å². The minimum Gasteiger partial charge on any atom is -0.494 e. The maximum Gasteiger partial charge on any atom is 0.124 e. The Kier molecular flexibility index (Phi) is 3.96. The monoisotopic (exact) mass is 193 g/mol. The van der Waals surface area contributed by atoms with E-state index in [4.69, 9.17) is 10.5 Å². The van der Waals surface area contributed by atoms with Crippen molar-refractivity contribution in [2.75, 3.05) is 6.61 Å². The van der Waals surface area contributed by atoms with Crippen molar-refractivity contribution in [3.05, 3.63) is 29.8 Å². The Labute approximate surface area is 86.1 Å². The van der Waals surface area contributed by atoms with Gasteiger partial charge in [-0.2, -0.15) is 0 Å². The first-order chi connectivity index (χ1) is 6.66. The molecule has 14 heavy (non-hydrogen) atoms. The first kappa shape index (κ1) is 11.1. The normalized spacial score (nSPS) is 12.9. The predicted octanol–water partition coefficient (Wildman–Crippen LogP) is 2.74. The zero-order valence-electron chi connectivity index (χ0n) is 9.16. The maximum atomic E-state index is 6.09. The molecule has 0 aliphatic rings. The molecule has 0 bridgehead atoms. The summed E-state index contributed by atoms with van der Waals surface area (Å²) in [6.45, 7) is 6.90. The van der Waals surface area contributed by atoms with E-state index in [0.29, 0.717) is 12.5 Å². The summed E-state index contributed by atoms with van der Waals surface area (Å²) in [7, 11) is 0. The van der Waals surface area contributed by atoms with Crippen LogP contribution in [0.2, 0.25) is 0 Å². The third-order valence-electron chi connectivity index (χ3n) is 2.30. The van der Waals surface area contributed by atoms with Crippen LogP contribution in [0.4, 0.5) is 0 Å². The van der Waals surface area contributed by atoms with Crippen LogP contribution in [-0.4, -0.2) is 6.61 Å². The van der Waals surface area contributed by atoms with Gasteiger partial charge < -0.3 is 10.5 Å². The Hall–Kier alpha value is -1.02. The van der Waals surface area contributed by atoms with Gasteiger partial charge >= 0.3 is 0 Å². The molecule has 1 rings (SSSR count). The molecule has 78 valence electrons. The van der Waals surface area contributed by atoms with E-state index < -0.39 is 0 Å². The van der Waals surface area contributed by atoms with Gasteiger partial charge in [0.2, 0.25) is 0 Å². The SMILES string of the molecule is CCOc1ccccc1[C@H](N)C(C)C. The van der Waals surface area contributed by atoms with Crippen LogP contribution in [0.5, 0.6) is 5.75 Å². The lowest BCUT2D eigenvalue weighted by Gasteiger charge is -2.19. The minimum absolute atomic E-state index is 0.0535. The summed E-state index contributed by atoms with van der Waals surface area (Å²) < 4.78 is 5.53. The molecular formula is C12H19NO. The van der Waals surface area contributed by atoms with E-state index in [2.05, 4.69) is 13.8 Å². The molecule has 0 radical (unpaired) electrons. The maximum absolute atomic E-state index is 6.09. The van der Waals surface area contributed by atoms with Crippen molar-refractivity contribution in [3.63, 3.8) is 0 Å². The highest BCUT2D eigenvalue weighted by atomic mass is 16.5. The Bertz CT molecular complexity index is 283. The molecule has 2 nitrogen and oxygen atoms in total. The molecule has 0 unspecified atom stereocenters. The minimum atomic E-state index is 0.0535. The van der Waals surface area contributed by atoms with Gasteiger partial charge in [-0.25, -0.2) is 0 Å². The van der Waals surface area contributed by atoms with E-state index in [9.17, 15) is 0 Å². The predicted molar refractivity (Wildman–Crippen MR) is 59.4 cm³/mol. The van der Waals surface area contributed by atoms with Gasteiger partial charge in [0.15, 0.2) is 0 Å². The second kappa shape index (κ2) is 5.01. The second-order valence-electron chi connectivity index (χ2n) is 3.74. The summed E-state index contributed by atoms with van der Waals surface area (Å²) >= 11 is 0.